The Labute approximate surface area is 150 Å². The first kappa shape index (κ1) is 16.4. The van der Waals surface area contributed by atoms with Crippen molar-refractivity contribution in [3.63, 3.8) is 0 Å². The van der Waals surface area contributed by atoms with Crippen LogP contribution in [0.3, 0.4) is 0 Å². The van der Waals surface area contributed by atoms with Gasteiger partial charge in [0, 0.05) is 36.7 Å². The smallest absolute Gasteiger partial charge is 0.240 e. The van der Waals surface area contributed by atoms with Crippen molar-refractivity contribution in [2.45, 2.75) is 45.2 Å². The molecule has 4 heterocycles. The first-order valence-corrected chi connectivity index (χ1v) is 9.68. The molecule has 3 aromatic rings. The Morgan fingerprint density at radius 2 is 2.28 bits per heavy atom. The van der Waals surface area contributed by atoms with Crippen molar-refractivity contribution < 1.29 is 4.52 Å². The molecule has 0 saturated carbocycles. The Morgan fingerprint density at radius 3 is 3.08 bits per heavy atom. The van der Waals surface area contributed by atoms with E-state index in [0.717, 1.165) is 62.8 Å². The van der Waals surface area contributed by atoms with Crippen LogP contribution in [0, 0.1) is 0 Å². The highest BCUT2D eigenvalue weighted by atomic mass is 32.1. The predicted octanol–water partition coefficient (Wildman–Crippen LogP) is 2.71. The summed E-state index contributed by atoms with van der Waals surface area (Å²) in [6, 6.07) is 0. The maximum atomic E-state index is 5.35. The Morgan fingerprint density at radius 1 is 1.32 bits per heavy atom. The molecule has 4 rings (SSSR count). The number of aryl methyl sites for hydroxylation is 1. The lowest BCUT2D eigenvalue weighted by atomic mass is 9.97. The van der Waals surface area contributed by atoms with Gasteiger partial charge in [-0.15, -0.1) is 11.3 Å². The van der Waals surface area contributed by atoms with Crippen LogP contribution in [0.1, 0.15) is 48.9 Å². The Hall–Kier alpha value is -2.06. The lowest BCUT2D eigenvalue weighted by Gasteiger charge is -2.31. The van der Waals surface area contributed by atoms with E-state index in [4.69, 9.17) is 4.52 Å². The molecule has 132 valence electrons. The van der Waals surface area contributed by atoms with Crippen LogP contribution in [-0.2, 0) is 19.5 Å². The van der Waals surface area contributed by atoms with Crippen molar-refractivity contribution in [3.05, 3.63) is 46.5 Å². The SMILES string of the molecule is CCc1noc(CN2CCCC(c3nccn3Cc3cscn3)C2)n1. The summed E-state index contributed by atoms with van der Waals surface area (Å²) in [6.07, 6.45) is 7.07. The normalized spacial score (nSPS) is 18.7. The van der Waals surface area contributed by atoms with Gasteiger partial charge in [0.05, 0.1) is 24.3 Å². The van der Waals surface area contributed by atoms with Crippen molar-refractivity contribution in [1.82, 2.24) is 29.6 Å². The summed E-state index contributed by atoms with van der Waals surface area (Å²) < 4.78 is 7.57. The molecule has 1 unspecified atom stereocenters. The largest absolute Gasteiger partial charge is 0.338 e. The molecular weight excluding hydrogens is 336 g/mol. The van der Waals surface area contributed by atoms with Gasteiger partial charge in [-0.3, -0.25) is 4.90 Å². The monoisotopic (exact) mass is 358 g/mol. The zero-order valence-corrected chi connectivity index (χ0v) is 15.2. The first-order valence-electron chi connectivity index (χ1n) is 8.73. The van der Waals surface area contributed by atoms with E-state index in [9.17, 15) is 0 Å². The quantitative estimate of drug-likeness (QED) is 0.675. The Kier molecular flexibility index (Phi) is 4.89. The van der Waals surface area contributed by atoms with Crippen LogP contribution >= 0.6 is 11.3 Å². The van der Waals surface area contributed by atoms with E-state index in [1.54, 1.807) is 11.3 Å². The Balaban J connectivity index is 1.43. The van der Waals surface area contributed by atoms with Crippen LogP contribution in [0.4, 0.5) is 0 Å². The van der Waals surface area contributed by atoms with E-state index < -0.39 is 0 Å². The van der Waals surface area contributed by atoms with Gasteiger partial charge in [0.1, 0.15) is 5.82 Å². The molecule has 0 spiro atoms. The van der Waals surface area contributed by atoms with Gasteiger partial charge < -0.3 is 9.09 Å². The average molecular weight is 358 g/mol. The van der Waals surface area contributed by atoms with Gasteiger partial charge >= 0.3 is 0 Å². The molecular formula is C17H22N6OS. The summed E-state index contributed by atoms with van der Waals surface area (Å²) in [4.78, 5) is 15.9. The molecule has 1 atom stereocenters. The molecule has 0 amide bonds. The molecule has 1 aliphatic rings. The summed E-state index contributed by atoms with van der Waals surface area (Å²) in [5.74, 6) is 3.07. The third-order valence-corrected chi connectivity index (χ3v) is 5.25. The minimum Gasteiger partial charge on any atom is -0.338 e. The number of likely N-dealkylation sites (tertiary alicyclic amines) is 1. The fourth-order valence-corrected chi connectivity index (χ4v) is 3.95. The van der Waals surface area contributed by atoms with Crippen molar-refractivity contribution in [1.29, 1.82) is 0 Å². The van der Waals surface area contributed by atoms with E-state index in [1.165, 1.54) is 0 Å². The third-order valence-electron chi connectivity index (χ3n) is 4.62. The number of nitrogens with zero attached hydrogens (tertiary/aromatic N) is 6. The van der Waals surface area contributed by atoms with Crippen LogP contribution in [0.2, 0.25) is 0 Å². The minimum atomic E-state index is 0.427. The van der Waals surface area contributed by atoms with Gasteiger partial charge in [0.2, 0.25) is 5.89 Å². The molecule has 7 nitrogen and oxygen atoms in total. The number of piperidine rings is 1. The van der Waals surface area contributed by atoms with Crippen molar-refractivity contribution in [2.24, 2.45) is 0 Å². The highest BCUT2D eigenvalue weighted by molar-refractivity contribution is 7.07. The number of thiazole rings is 1. The molecule has 0 aromatic carbocycles. The summed E-state index contributed by atoms with van der Waals surface area (Å²) >= 11 is 1.63. The highest BCUT2D eigenvalue weighted by Crippen LogP contribution is 2.27. The predicted molar refractivity (Wildman–Crippen MR) is 94.4 cm³/mol. The number of hydrogen-bond acceptors (Lipinski definition) is 7. The summed E-state index contributed by atoms with van der Waals surface area (Å²) in [6.45, 7) is 5.58. The molecule has 1 fully saturated rings. The minimum absolute atomic E-state index is 0.427. The summed E-state index contributed by atoms with van der Waals surface area (Å²) in [7, 11) is 0. The zero-order valence-electron chi connectivity index (χ0n) is 14.3. The van der Waals surface area contributed by atoms with E-state index in [-0.39, 0.29) is 0 Å². The van der Waals surface area contributed by atoms with Gasteiger partial charge in [-0.25, -0.2) is 9.97 Å². The van der Waals surface area contributed by atoms with Gasteiger partial charge in [0.15, 0.2) is 5.82 Å². The molecule has 25 heavy (non-hydrogen) atoms. The van der Waals surface area contributed by atoms with E-state index >= 15 is 0 Å². The van der Waals surface area contributed by atoms with Crippen LogP contribution in [0.15, 0.2) is 27.8 Å². The molecule has 8 heteroatoms. The van der Waals surface area contributed by atoms with Crippen LogP contribution in [-0.4, -0.2) is 42.7 Å². The van der Waals surface area contributed by atoms with Gasteiger partial charge in [0.25, 0.3) is 0 Å². The second-order valence-electron chi connectivity index (χ2n) is 6.43. The van der Waals surface area contributed by atoms with Crippen LogP contribution < -0.4 is 0 Å². The zero-order chi connectivity index (χ0) is 17.1. The van der Waals surface area contributed by atoms with Crippen LogP contribution in [0.5, 0.6) is 0 Å². The highest BCUT2D eigenvalue weighted by Gasteiger charge is 2.26. The fourth-order valence-electron chi connectivity index (χ4n) is 3.40. The molecule has 1 aliphatic heterocycles. The maximum Gasteiger partial charge on any atom is 0.240 e. The van der Waals surface area contributed by atoms with E-state index in [2.05, 4.69) is 41.2 Å². The average Bonchev–Trinajstić information content (AvgIpc) is 3.37. The topological polar surface area (TPSA) is 72.9 Å². The molecule has 0 bridgehead atoms. The number of hydrogen-bond donors (Lipinski definition) is 0. The molecule has 0 aliphatic carbocycles. The number of imidazole rings is 1. The molecule has 0 radical (unpaired) electrons. The first-order chi connectivity index (χ1) is 12.3. The second kappa shape index (κ2) is 7.45. The number of rotatable bonds is 6. The lowest BCUT2D eigenvalue weighted by Crippen LogP contribution is -2.35. The second-order valence-corrected chi connectivity index (χ2v) is 7.14. The van der Waals surface area contributed by atoms with Gasteiger partial charge in [-0.2, -0.15) is 4.98 Å². The standard InChI is InChI=1S/C17H22N6OS/c1-2-15-20-16(24-21-15)10-22-6-3-4-13(8-22)17-18-5-7-23(17)9-14-11-25-12-19-14/h5,7,11-13H,2-4,6,8-10H2,1H3. The fraction of sp³-hybridized carbons (Fsp3) is 0.529. The van der Waals surface area contributed by atoms with Crippen LogP contribution in [0.25, 0.3) is 0 Å². The molecule has 3 aromatic heterocycles. The van der Waals surface area contributed by atoms with E-state index in [1.807, 2.05) is 18.6 Å². The van der Waals surface area contributed by atoms with Crippen molar-refractivity contribution in [3.8, 4) is 0 Å². The molecule has 0 N–H and O–H groups in total. The van der Waals surface area contributed by atoms with Gasteiger partial charge in [-0.05, 0) is 19.4 Å². The lowest BCUT2D eigenvalue weighted by molar-refractivity contribution is 0.173. The third kappa shape index (κ3) is 3.80. The number of aromatic nitrogens is 5. The van der Waals surface area contributed by atoms with Crippen molar-refractivity contribution in [2.75, 3.05) is 13.1 Å². The Bertz CT molecular complexity index is 796. The van der Waals surface area contributed by atoms with Gasteiger partial charge in [-0.1, -0.05) is 12.1 Å². The summed E-state index contributed by atoms with van der Waals surface area (Å²) in [5.41, 5.74) is 2.97. The summed E-state index contributed by atoms with van der Waals surface area (Å²) in [5, 5.41) is 6.08. The maximum absolute atomic E-state index is 5.35. The molecule has 1 saturated heterocycles. The van der Waals surface area contributed by atoms with E-state index in [0.29, 0.717) is 11.8 Å². The van der Waals surface area contributed by atoms with Crippen molar-refractivity contribution >= 4 is 11.3 Å².